The smallest absolute Gasteiger partial charge is 0.339 e. The molecule has 0 saturated carbocycles. The number of non-ortho nitro benzene ring substituents is 1. The van der Waals surface area contributed by atoms with Crippen LogP contribution in [-0.2, 0) is 4.74 Å². The van der Waals surface area contributed by atoms with Crippen molar-refractivity contribution in [3.8, 4) is 0 Å². The summed E-state index contributed by atoms with van der Waals surface area (Å²) in [4.78, 5) is 23.5. The van der Waals surface area contributed by atoms with E-state index in [-0.39, 0.29) is 5.69 Å². The van der Waals surface area contributed by atoms with Gasteiger partial charge in [-0.2, -0.15) is 0 Å². The maximum Gasteiger partial charge on any atom is 0.339 e. The molecule has 2 aromatic rings. The van der Waals surface area contributed by atoms with Gasteiger partial charge in [-0.25, -0.2) is 4.79 Å². The van der Waals surface area contributed by atoms with E-state index in [9.17, 15) is 14.9 Å². The van der Waals surface area contributed by atoms with Gasteiger partial charge in [0.15, 0.2) is 0 Å². The van der Waals surface area contributed by atoms with Gasteiger partial charge in [-0.3, -0.25) is 10.1 Å². The molecule has 0 fully saturated rings. The first-order chi connectivity index (χ1) is 10.0. The van der Waals surface area contributed by atoms with E-state index in [0.29, 0.717) is 10.5 Å². The zero-order valence-corrected chi connectivity index (χ0v) is 12.3. The van der Waals surface area contributed by atoms with Crippen LogP contribution in [0, 0.1) is 17.0 Å². The van der Waals surface area contributed by atoms with Crippen LogP contribution in [-0.4, -0.2) is 18.0 Å². The number of methoxy groups -OCH3 is 1. The standard InChI is InChI=1S/C15H13NO4S/c1-10-3-6-12(7-4-10)21-14-9-11(16(18)19)5-8-13(14)15(17)20-2/h3-9H,1-2H3. The van der Waals surface area contributed by atoms with E-state index in [2.05, 4.69) is 0 Å². The Balaban J connectivity index is 2.42. The third kappa shape index (κ3) is 3.61. The van der Waals surface area contributed by atoms with Crippen molar-refractivity contribution < 1.29 is 14.5 Å². The highest BCUT2D eigenvalue weighted by atomic mass is 32.2. The first-order valence-corrected chi connectivity index (χ1v) is 6.94. The summed E-state index contributed by atoms with van der Waals surface area (Å²) < 4.78 is 4.71. The summed E-state index contributed by atoms with van der Waals surface area (Å²) in [6, 6.07) is 11.8. The van der Waals surface area contributed by atoms with Crippen LogP contribution in [0.3, 0.4) is 0 Å². The van der Waals surface area contributed by atoms with Crippen LogP contribution in [0.15, 0.2) is 52.3 Å². The first kappa shape index (κ1) is 15.1. The van der Waals surface area contributed by atoms with Crippen molar-refractivity contribution in [3.05, 3.63) is 63.7 Å². The van der Waals surface area contributed by atoms with Crippen molar-refractivity contribution in [2.75, 3.05) is 7.11 Å². The van der Waals surface area contributed by atoms with Gasteiger partial charge in [-0.1, -0.05) is 29.5 Å². The lowest BCUT2D eigenvalue weighted by Gasteiger charge is -2.08. The fraction of sp³-hybridized carbons (Fsp3) is 0.133. The Morgan fingerprint density at radius 3 is 2.43 bits per heavy atom. The third-order valence-corrected chi connectivity index (χ3v) is 3.90. The van der Waals surface area contributed by atoms with Gasteiger partial charge in [0, 0.05) is 21.9 Å². The monoisotopic (exact) mass is 303 g/mol. The maximum absolute atomic E-state index is 11.8. The SMILES string of the molecule is COC(=O)c1ccc([N+](=O)[O-])cc1Sc1ccc(C)cc1. The zero-order chi connectivity index (χ0) is 15.4. The van der Waals surface area contributed by atoms with E-state index in [0.717, 1.165) is 10.5 Å². The van der Waals surface area contributed by atoms with Gasteiger partial charge in [0.1, 0.15) is 0 Å². The second-order valence-electron chi connectivity index (χ2n) is 4.34. The lowest BCUT2D eigenvalue weighted by molar-refractivity contribution is -0.385. The first-order valence-electron chi connectivity index (χ1n) is 6.12. The van der Waals surface area contributed by atoms with Crippen LogP contribution in [0.2, 0.25) is 0 Å². The quantitative estimate of drug-likeness (QED) is 0.487. The minimum atomic E-state index is -0.514. The summed E-state index contributed by atoms with van der Waals surface area (Å²) in [6.45, 7) is 1.97. The molecular formula is C15H13NO4S. The molecular weight excluding hydrogens is 290 g/mol. The molecule has 0 radical (unpaired) electrons. The van der Waals surface area contributed by atoms with E-state index in [1.165, 1.54) is 37.1 Å². The lowest BCUT2D eigenvalue weighted by atomic mass is 10.2. The Kier molecular flexibility index (Phi) is 4.59. The molecule has 0 aliphatic heterocycles. The number of hydrogen-bond donors (Lipinski definition) is 0. The van der Waals surface area contributed by atoms with Gasteiger partial charge in [0.25, 0.3) is 5.69 Å². The molecule has 0 bridgehead atoms. The number of nitro benzene ring substituents is 1. The van der Waals surface area contributed by atoms with Crippen LogP contribution >= 0.6 is 11.8 Å². The Bertz CT molecular complexity index is 683. The maximum atomic E-state index is 11.8. The molecule has 0 saturated heterocycles. The number of nitro groups is 1. The predicted octanol–water partition coefficient (Wildman–Crippen LogP) is 3.84. The average Bonchev–Trinajstić information content (AvgIpc) is 2.48. The number of hydrogen-bond acceptors (Lipinski definition) is 5. The molecule has 0 atom stereocenters. The van der Waals surface area contributed by atoms with Gasteiger partial charge < -0.3 is 4.74 Å². The molecule has 0 aliphatic rings. The molecule has 0 N–H and O–H groups in total. The molecule has 21 heavy (non-hydrogen) atoms. The molecule has 2 aromatic carbocycles. The van der Waals surface area contributed by atoms with E-state index in [1.807, 2.05) is 31.2 Å². The fourth-order valence-electron chi connectivity index (χ4n) is 1.72. The molecule has 0 spiro atoms. The van der Waals surface area contributed by atoms with Crippen LogP contribution in [0.4, 0.5) is 5.69 Å². The molecule has 0 unspecified atom stereocenters. The van der Waals surface area contributed by atoms with Gasteiger partial charge >= 0.3 is 5.97 Å². The summed E-state index contributed by atoms with van der Waals surface area (Å²) in [5.74, 6) is -0.514. The molecule has 2 rings (SSSR count). The zero-order valence-electron chi connectivity index (χ0n) is 11.5. The summed E-state index contributed by atoms with van der Waals surface area (Å²) >= 11 is 1.29. The second-order valence-corrected chi connectivity index (χ2v) is 5.46. The van der Waals surface area contributed by atoms with Crippen molar-refractivity contribution >= 4 is 23.4 Å². The van der Waals surface area contributed by atoms with E-state index in [1.54, 1.807) is 0 Å². The van der Waals surface area contributed by atoms with Crippen molar-refractivity contribution in [3.63, 3.8) is 0 Å². The highest BCUT2D eigenvalue weighted by molar-refractivity contribution is 7.99. The number of aryl methyl sites for hydroxylation is 1. The van der Waals surface area contributed by atoms with Crippen LogP contribution < -0.4 is 0 Å². The number of rotatable bonds is 4. The van der Waals surface area contributed by atoms with Crippen LogP contribution in [0.5, 0.6) is 0 Å². The van der Waals surface area contributed by atoms with Crippen molar-refractivity contribution in [2.24, 2.45) is 0 Å². The number of esters is 1. The summed E-state index contributed by atoms with van der Waals surface area (Å²) in [6.07, 6.45) is 0. The number of ether oxygens (including phenoxy) is 1. The molecule has 5 nitrogen and oxygen atoms in total. The van der Waals surface area contributed by atoms with Gasteiger partial charge in [-0.15, -0.1) is 0 Å². The third-order valence-electron chi connectivity index (χ3n) is 2.83. The molecule has 108 valence electrons. The minimum absolute atomic E-state index is 0.0581. The average molecular weight is 303 g/mol. The summed E-state index contributed by atoms with van der Waals surface area (Å²) in [5, 5.41) is 10.9. The van der Waals surface area contributed by atoms with Gasteiger partial charge in [0.05, 0.1) is 17.6 Å². The van der Waals surface area contributed by atoms with E-state index >= 15 is 0 Å². The second kappa shape index (κ2) is 6.41. The highest BCUT2D eigenvalue weighted by Crippen LogP contribution is 2.33. The van der Waals surface area contributed by atoms with Gasteiger partial charge in [0.2, 0.25) is 0 Å². The van der Waals surface area contributed by atoms with Gasteiger partial charge in [-0.05, 0) is 25.1 Å². The fourth-order valence-corrected chi connectivity index (χ4v) is 2.69. The van der Waals surface area contributed by atoms with Crippen molar-refractivity contribution in [1.29, 1.82) is 0 Å². The van der Waals surface area contributed by atoms with Crippen LogP contribution in [0.1, 0.15) is 15.9 Å². The number of carbonyl (C=O) groups is 1. The van der Waals surface area contributed by atoms with E-state index in [4.69, 9.17) is 4.74 Å². The Labute approximate surface area is 126 Å². The van der Waals surface area contributed by atoms with Crippen molar-refractivity contribution in [1.82, 2.24) is 0 Å². The topological polar surface area (TPSA) is 69.4 Å². The summed E-state index contributed by atoms with van der Waals surface area (Å²) in [5.41, 5.74) is 1.37. The predicted molar refractivity (Wildman–Crippen MR) is 79.7 cm³/mol. The minimum Gasteiger partial charge on any atom is -0.465 e. The lowest BCUT2D eigenvalue weighted by Crippen LogP contribution is -2.03. The number of carbonyl (C=O) groups excluding carboxylic acids is 1. The number of nitrogens with zero attached hydrogens (tertiary/aromatic N) is 1. The van der Waals surface area contributed by atoms with Crippen molar-refractivity contribution in [2.45, 2.75) is 16.7 Å². The largest absolute Gasteiger partial charge is 0.465 e. The molecule has 6 heteroatoms. The Hall–Kier alpha value is -2.34. The Morgan fingerprint density at radius 2 is 1.86 bits per heavy atom. The molecule has 0 amide bonds. The van der Waals surface area contributed by atoms with E-state index < -0.39 is 10.9 Å². The van der Waals surface area contributed by atoms with Crippen LogP contribution in [0.25, 0.3) is 0 Å². The normalized spacial score (nSPS) is 10.2. The molecule has 0 heterocycles. The Morgan fingerprint density at radius 1 is 1.19 bits per heavy atom. The molecule has 0 aromatic heterocycles. The summed E-state index contributed by atoms with van der Waals surface area (Å²) in [7, 11) is 1.28. The highest BCUT2D eigenvalue weighted by Gasteiger charge is 2.17. The molecule has 0 aliphatic carbocycles. The number of benzene rings is 2.